The van der Waals surface area contributed by atoms with E-state index in [0.29, 0.717) is 13.1 Å². The molecule has 1 atom stereocenters. The molecule has 0 radical (unpaired) electrons. The molecule has 1 N–H and O–H groups in total. The van der Waals surface area contributed by atoms with E-state index < -0.39 is 15.3 Å². The zero-order chi connectivity index (χ0) is 13.8. The van der Waals surface area contributed by atoms with Gasteiger partial charge in [-0.3, -0.25) is 0 Å². The molecular formula is C12H22N2O3S. The van der Waals surface area contributed by atoms with Crippen LogP contribution in [0, 0.1) is 0 Å². The summed E-state index contributed by atoms with van der Waals surface area (Å²) in [6, 6.07) is 2.05. The van der Waals surface area contributed by atoms with Crippen LogP contribution in [0.4, 0.5) is 0 Å². The minimum absolute atomic E-state index is 0.279. The highest BCUT2D eigenvalue weighted by molar-refractivity contribution is 7.89. The lowest BCUT2D eigenvalue weighted by atomic mass is 10.3. The first-order valence-corrected chi connectivity index (χ1v) is 7.54. The second-order valence-corrected chi connectivity index (χ2v) is 7.26. The van der Waals surface area contributed by atoms with Crippen molar-refractivity contribution in [3.63, 3.8) is 0 Å². The Morgan fingerprint density at radius 1 is 1.39 bits per heavy atom. The summed E-state index contributed by atoms with van der Waals surface area (Å²) in [5.41, 5.74) is 0.852. The van der Waals surface area contributed by atoms with Crippen molar-refractivity contribution < 1.29 is 12.8 Å². The maximum Gasteiger partial charge on any atom is 0.218 e. The Hall–Kier alpha value is -0.850. The second kappa shape index (κ2) is 6.36. The van der Waals surface area contributed by atoms with Crippen LogP contribution in [0.25, 0.3) is 0 Å². The summed E-state index contributed by atoms with van der Waals surface area (Å²) in [5.74, 6) is 0. The van der Waals surface area contributed by atoms with Crippen molar-refractivity contribution in [2.24, 2.45) is 0 Å². The number of hydrogen-bond acceptors (Lipinski definition) is 4. The Bertz CT molecular complexity index is 440. The minimum Gasteiger partial charge on any atom is -0.472 e. The van der Waals surface area contributed by atoms with Gasteiger partial charge in [-0.1, -0.05) is 13.8 Å². The SMILES string of the molecule is CC(C)NCC(C)S(=O)(=O)N(C)Cc1ccoc1. The van der Waals surface area contributed by atoms with Crippen molar-refractivity contribution in [2.45, 2.75) is 38.6 Å². The van der Waals surface area contributed by atoms with Gasteiger partial charge in [0.2, 0.25) is 10.0 Å². The maximum absolute atomic E-state index is 12.2. The maximum atomic E-state index is 12.2. The van der Waals surface area contributed by atoms with Crippen molar-refractivity contribution in [3.8, 4) is 0 Å². The third-order valence-corrected chi connectivity index (χ3v) is 4.92. The summed E-state index contributed by atoms with van der Waals surface area (Å²) in [4.78, 5) is 0. The minimum atomic E-state index is -3.28. The summed E-state index contributed by atoms with van der Waals surface area (Å²) in [6.45, 7) is 6.50. The van der Waals surface area contributed by atoms with Gasteiger partial charge in [0, 0.05) is 31.7 Å². The molecule has 1 rings (SSSR count). The van der Waals surface area contributed by atoms with Gasteiger partial charge in [-0.2, -0.15) is 0 Å². The van der Waals surface area contributed by atoms with Crippen LogP contribution >= 0.6 is 0 Å². The van der Waals surface area contributed by atoms with E-state index >= 15 is 0 Å². The molecule has 0 fully saturated rings. The topological polar surface area (TPSA) is 62.6 Å². The fraction of sp³-hybridized carbons (Fsp3) is 0.667. The van der Waals surface area contributed by atoms with Gasteiger partial charge in [0.15, 0.2) is 0 Å². The van der Waals surface area contributed by atoms with Crippen molar-refractivity contribution in [1.29, 1.82) is 0 Å². The Morgan fingerprint density at radius 2 is 2.06 bits per heavy atom. The van der Waals surface area contributed by atoms with E-state index in [4.69, 9.17) is 4.42 Å². The summed E-state index contributed by atoms with van der Waals surface area (Å²) < 4.78 is 30.7. The van der Waals surface area contributed by atoms with Crippen LogP contribution in [-0.2, 0) is 16.6 Å². The highest BCUT2D eigenvalue weighted by Crippen LogP contribution is 2.11. The number of rotatable bonds is 7. The molecule has 0 aliphatic heterocycles. The number of nitrogens with zero attached hydrogens (tertiary/aromatic N) is 1. The third-order valence-electron chi connectivity index (χ3n) is 2.74. The molecule has 104 valence electrons. The molecule has 1 unspecified atom stereocenters. The van der Waals surface area contributed by atoms with Gasteiger partial charge in [0.25, 0.3) is 0 Å². The molecule has 1 aromatic heterocycles. The lowest BCUT2D eigenvalue weighted by molar-refractivity contribution is 0.448. The van der Waals surface area contributed by atoms with Crippen LogP contribution in [0.1, 0.15) is 26.3 Å². The molecule has 0 aliphatic rings. The Morgan fingerprint density at radius 3 is 2.56 bits per heavy atom. The molecule has 0 aromatic carbocycles. The standard InChI is InChI=1S/C12H22N2O3S/c1-10(2)13-7-11(3)18(15,16)14(4)8-12-5-6-17-9-12/h5-6,9-11,13H,7-8H2,1-4H3. The number of furan rings is 1. The third kappa shape index (κ3) is 4.12. The predicted molar refractivity (Wildman–Crippen MR) is 71.7 cm³/mol. The van der Waals surface area contributed by atoms with Gasteiger partial charge in [0.05, 0.1) is 17.8 Å². The van der Waals surface area contributed by atoms with Gasteiger partial charge in [-0.05, 0) is 13.0 Å². The van der Waals surface area contributed by atoms with Crippen molar-refractivity contribution in [2.75, 3.05) is 13.6 Å². The number of sulfonamides is 1. The van der Waals surface area contributed by atoms with Crippen molar-refractivity contribution >= 4 is 10.0 Å². The van der Waals surface area contributed by atoms with Gasteiger partial charge < -0.3 is 9.73 Å². The normalized spacial score (nSPS) is 14.3. The summed E-state index contributed by atoms with van der Waals surface area (Å²) >= 11 is 0. The van der Waals surface area contributed by atoms with Gasteiger partial charge in [0.1, 0.15) is 0 Å². The zero-order valence-corrected chi connectivity index (χ0v) is 12.2. The smallest absolute Gasteiger partial charge is 0.218 e. The highest BCUT2D eigenvalue weighted by atomic mass is 32.2. The van der Waals surface area contributed by atoms with E-state index in [2.05, 4.69) is 5.32 Å². The number of nitrogens with one attached hydrogen (secondary N) is 1. The van der Waals surface area contributed by atoms with Crippen molar-refractivity contribution in [1.82, 2.24) is 9.62 Å². The van der Waals surface area contributed by atoms with Crippen LogP contribution in [0.15, 0.2) is 23.0 Å². The van der Waals surface area contributed by atoms with E-state index in [1.165, 1.54) is 4.31 Å². The van der Waals surface area contributed by atoms with E-state index in [-0.39, 0.29) is 6.04 Å². The average Bonchev–Trinajstić information content (AvgIpc) is 2.78. The monoisotopic (exact) mass is 274 g/mol. The fourth-order valence-electron chi connectivity index (χ4n) is 1.54. The quantitative estimate of drug-likeness (QED) is 0.817. The van der Waals surface area contributed by atoms with E-state index in [9.17, 15) is 8.42 Å². The first kappa shape index (κ1) is 15.2. The Kier molecular flexibility index (Phi) is 5.37. The Balaban J connectivity index is 2.61. The molecule has 1 aromatic rings. The van der Waals surface area contributed by atoms with Gasteiger partial charge in [-0.15, -0.1) is 0 Å². The van der Waals surface area contributed by atoms with E-state index in [0.717, 1.165) is 5.56 Å². The molecule has 0 aliphatic carbocycles. The Labute approximate surface area is 109 Å². The molecule has 5 nitrogen and oxygen atoms in total. The molecule has 0 spiro atoms. The molecule has 0 bridgehead atoms. The first-order valence-electron chi connectivity index (χ1n) is 6.03. The molecule has 0 saturated heterocycles. The first-order chi connectivity index (χ1) is 8.34. The van der Waals surface area contributed by atoms with E-state index in [1.807, 2.05) is 13.8 Å². The molecule has 18 heavy (non-hydrogen) atoms. The fourth-order valence-corrected chi connectivity index (χ4v) is 2.79. The van der Waals surface area contributed by atoms with Gasteiger partial charge in [-0.25, -0.2) is 12.7 Å². The molecule has 0 saturated carbocycles. The molecule has 0 amide bonds. The van der Waals surface area contributed by atoms with Crippen LogP contribution < -0.4 is 5.32 Å². The average molecular weight is 274 g/mol. The summed E-state index contributed by atoms with van der Waals surface area (Å²) in [5, 5.41) is 2.69. The zero-order valence-electron chi connectivity index (χ0n) is 11.4. The van der Waals surface area contributed by atoms with Crippen molar-refractivity contribution in [3.05, 3.63) is 24.2 Å². The second-order valence-electron chi connectivity index (χ2n) is 4.81. The largest absolute Gasteiger partial charge is 0.472 e. The molecular weight excluding hydrogens is 252 g/mol. The molecule has 6 heteroatoms. The van der Waals surface area contributed by atoms with Gasteiger partial charge >= 0.3 is 0 Å². The lowest BCUT2D eigenvalue weighted by Gasteiger charge is -2.22. The summed E-state index contributed by atoms with van der Waals surface area (Å²) in [6.07, 6.45) is 3.10. The summed E-state index contributed by atoms with van der Waals surface area (Å²) in [7, 11) is -1.69. The van der Waals surface area contributed by atoms with Crippen LogP contribution in [0.2, 0.25) is 0 Å². The lowest BCUT2D eigenvalue weighted by Crippen LogP contribution is -2.41. The molecule has 1 heterocycles. The predicted octanol–water partition coefficient (Wildman–Crippen LogP) is 1.43. The van der Waals surface area contributed by atoms with Crippen LogP contribution in [0.3, 0.4) is 0 Å². The van der Waals surface area contributed by atoms with Crippen LogP contribution in [-0.4, -0.2) is 37.6 Å². The highest BCUT2D eigenvalue weighted by Gasteiger charge is 2.26. The van der Waals surface area contributed by atoms with Crippen LogP contribution in [0.5, 0.6) is 0 Å². The van der Waals surface area contributed by atoms with E-state index in [1.54, 1.807) is 32.6 Å². The number of hydrogen-bond donors (Lipinski definition) is 1.